The van der Waals surface area contributed by atoms with E-state index in [2.05, 4.69) is 6.92 Å². The molecule has 3 heteroatoms. The maximum atomic E-state index is 12.9. The summed E-state index contributed by atoms with van der Waals surface area (Å²) in [6.45, 7) is 2.29. The molecule has 0 saturated heterocycles. The molecule has 3 aromatic rings. The van der Waals surface area contributed by atoms with Crippen molar-refractivity contribution in [2.24, 2.45) is 0 Å². The van der Waals surface area contributed by atoms with E-state index >= 15 is 0 Å². The first kappa shape index (κ1) is 13.4. The minimum atomic E-state index is -0.333. The second-order valence-corrected chi connectivity index (χ2v) is 5.07. The molecular formula is C18H15FNO+. The van der Waals surface area contributed by atoms with E-state index in [1.54, 1.807) is 0 Å². The van der Waals surface area contributed by atoms with Crippen molar-refractivity contribution in [2.75, 3.05) is 0 Å². The molecule has 0 radical (unpaired) electrons. The van der Waals surface area contributed by atoms with Gasteiger partial charge in [0.25, 0.3) is 0 Å². The zero-order valence-corrected chi connectivity index (χ0v) is 11.7. The van der Waals surface area contributed by atoms with Gasteiger partial charge in [-0.1, -0.05) is 12.1 Å². The summed E-state index contributed by atoms with van der Waals surface area (Å²) in [7, 11) is 0. The number of ketones is 1. The predicted octanol–water partition coefficient (Wildman–Crippen LogP) is 3.46. The molecule has 0 saturated carbocycles. The Morgan fingerprint density at radius 1 is 1.05 bits per heavy atom. The summed E-state index contributed by atoms with van der Waals surface area (Å²) >= 11 is 0. The number of hydrogen-bond donors (Lipinski definition) is 0. The van der Waals surface area contributed by atoms with Crippen molar-refractivity contribution in [3.63, 3.8) is 0 Å². The molecule has 0 spiro atoms. The number of para-hydroxylation sites is 1. The maximum Gasteiger partial charge on any atom is 0.227 e. The molecule has 1 heterocycles. The number of benzene rings is 2. The second kappa shape index (κ2) is 5.44. The Kier molecular flexibility index (Phi) is 3.48. The van der Waals surface area contributed by atoms with Crippen LogP contribution in [0.15, 0.2) is 60.8 Å². The van der Waals surface area contributed by atoms with Crippen LogP contribution in [0.1, 0.15) is 15.9 Å². The number of halogens is 1. The van der Waals surface area contributed by atoms with Gasteiger partial charge in [-0.2, -0.15) is 4.57 Å². The summed E-state index contributed by atoms with van der Waals surface area (Å²) in [6.07, 6.45) is 1.92. The van der Waals surface area contributed by atoms with Crippen LogP contribution in [0.3, 0.4) is 0 Å². The van der Waals surface area contributed by atoms with Crippen LogP contribution in [0.4, 0.5) is 4.39 Å². The van der Waals surface area contributed by atoms with Gasteiger partial charge in [0.2, 0.25) is 17.8 Å². The van der Waals surface area contributed by atoms with Crippen LogP contribution < -0.4 is 4.57 Å². The van der Waals surface area contributed by atoms with E-state index in [0.717, 1.165) is 10.9 Å². The fraction of sp³-hybridized carbons (Fsp3) is 0.111. The highest BCUT2D eigenvalue weighted by molar-refractivity contribution is 5.95. The lowest BCUT2D eigenvalue weighted by Gasteiger charge is -2.03. The molecule has 2 aromatic carbocycles. The molecule has 0 aliphatic carbocycles. The highest BCUT2D eigenvalue weighted by atomic mass is 19.1. The molecule has 1 aromatic heterocycles. The van der Waals surface area contributed by atoms with Crippen LogP contribution in [-0.2, 0) is 6.54 Å². The predicted molar refractivity (Wildman–Crippen MR) is 79.6 cm³/mol. The molecule has 0 amide bonds. The third-order valence-corrected chi connectivity index (χ3v) is 3.62. The molecule has 104 valence electrons. The van der Waals surface area contributed by atoms with E-state index < -0.39 is 0 Å². The molecule has 0 aliphatic heterocycles. The molecule has 0 N–H and O–H groups in total. The molecule has 3 rings (SSSR count). The summed E-state index contributed by atoms with van der Waals surface area (Å²) in [5.74, 6) is -0.367. The molecule has 0 aliphatic rings. The largest absolute Gasteiger partial charge is 0.287 e. The van der Waals surface area contributed by atoms with Crippen LogP contribution in [0, 0.1) is 12.7 Å². The highest BCUT2D eigenvalue weighted by Gasteiger charge is 2.16. The van der Waals surface area contributed by atoms with E-state index in [9.17, 15) is 9.18 Å². The van der Waals surface area contributed by atoms with Crippen LogP contribution in [0.2, 0.25) is 0 Å². The Hall–Kier alpha value is -2.55. The Labute approximate surface area is 122 Å². The number of hydrogen-bond acceptors (Lipinski definition) is 1. The number of Topliss-reactive ketones (excluding diaryl/α,β-unsaturated/α-hetero) is 1. The molecule has 0 bridgehead atoms. The Bertz CT molecular complexity index is 809. The van der Waals surface area contributed by atoms with Crippen LogP contribution in [0.5, 0.6) is 0 Å². The third-order valence-electron chi connectivity index (χ3n) is 3.62. The van der Waals surface area contributed by atoms with Gasteiger partial charge in [0, 0.05) is 23.1 Å². The fourth-order valence-corrected chi connectivity index (χ4v) is 2.45. The zero-order chi connectivity index (χ0) is 14.8. The lowest BCUT2D eigenvalue weighted by molar-refractivity contribution is -0.657. The average Bonchev–Trinajstić information content (AvgIpc) is 2.51. The minimum absolute atomic E-state index is 0.0333. The van der Waals surface area contributed by atoms with Crippen molar-refractivity contribution in [1.82, 2.24) is 0 Å². The number of carbonyl (C=O) groups is 1. The van der Waals surface area contributed by atoms with Crippen molar-refractivity contribution in [3.05, 3.63) is 77.7 Å². The Morgan fingerprint density at radius 2 is 1.76 bits per heavy atom. The number of aryl methyl sites for hydroxylation is 1. The van der Waals surface area contributed by atoms with Gasteiger partial charge in [-0.25, -0.2) is 4.39 Å². The number of carbonyl (C=O) groups excluding carboxylic acids is 1. The summed E-state index contributed by atoms with van der Waals surface area (Å²) < 4.78 is 14.8. The maximum absolute atomic E-state index is 12.9. The fourth-order valence-electron chi connectivity index (χ4n) is 2.45. The van der Waals surface area contributed by atoms with E-state index in [0.29, 0.717) is 5.56 Å². The summed E-state index contributed by atoms with van der Waals surface area (Å²) in [6, 6.07) is 15.7. The minimum Gasteiger partial charge on any atom is -0.287 e. The highest BCUT2D eigenvalue weighted by Crippen LogP contribution is 2.14. The molecule has 0 fully saturated rings. The molecule has 21 heavy (non-hydrogen) atoms. The number of rotatable bonds is 3. The first-order chi connectivity index (χ1) is 10.1. The standard InChI is InChI=1S/C18H15FNO/c1-13-10-11-20(17-5-3-2-4-16(13)17)12-18(21)14-6-8-15(19)9-7-14/h2-11H,12H2,1H3/q+1. The topological polar surface area (TPSA) is 20.9 Å². The first-order valence-corrected chi connectivity index (χ1v) is 6.82. The zero-order valence-electron chi connectivity index (χ0n) is 11.7. The number of pyridine rings is 1. The van der Waals surface area contributed by atoms with Gasteiger partial charge in [0.1, 0.15) is 5.82 Å². The SMILES string of the molecule is Cc1cc[n+](CC(=O)c2ccc(F)cc2)c2ccccc12. The molecule has 0 unspecified atom stereocenters. The molecule has 2 nitrogen and oxygen atoms in total. The van der Waals surface area contributed by atoms with Crippen molar-refractivity contribution < 1.29 is 13.8 Å². The normalized spacial score (nSPS) is 10.8. The van der Waals surface area contributed by atoms with Crippen LogP contribution >= 0.6 is 0 Å². The monoisotopic (exact) mass is 280 g/mol. The first-order valence-electron chi connectivity index (χ1n) is 6.82. The number of aromatic nitrogens is 1. The van der Waals surface area contributed by atoms with Gasteiger partial charge in [-0.15, -0.1) is 0 Å². The van der Waals surface area contributed by atoms with Crippen molar-refractivity contribution >= 4 is 16.7 Å². The van der Waals surface area contributed by atoms with E-state index in [1.807, 2.05) is 41.1 Å². The average molecular weight is 280 g/mol. The van der Waals surface area contributed by atoms with Gasteiger partial charge in [0.05, 0.1) is 0 Å². The van der Waals surface area contributed by atoms with Gasteiger partial charge in [-0.3, -0.25) is 4.79 Å². The van der Waals surface area contributed by atoms with Crippen LogP contribution in [-0.4, -0.2) is 5.78 Å². The van der Waals surface area contributed by atoms with Gasteiger partial charge >= 0.3 is 0 Å². The lowest BCUT2D eigenvalue weighted by Crippen LogP contribution is -2.38. The van der Waals surface area contributed by atoms with Crippen molar-refractivity contribution in [2.45, 2.75) is 13.5 Å². The van der Waals surface area contributed by atoms with Crippen molar-refractivity contribution in [3.8, 4) is 0 Å². The summed E-state index contributed by atoms with van der Waals surface area (Å²) in [5, 5.41) is 1.13. The van der Waals surface area contributed by atoms with E-state index in [-0.39, 0.29) is 18.1 Å². The van der Waals surface area contributed by atoms with E-state index in [1.165, 1.54) is 29.8 Å². The van der Waals surface area contributed by atoms with Crippen LogP contribution in [0.25, 0.3) is 10.9 Å². The number of nitrogens with zero attached hydrogens (tertiary/aromatic N) is 1. The van der Waals surface area contributed by atoms with Gasteiger partial charge in [0.15, 0.2) is 6.20 Å². The summed E-state index contributed by atoms with van der Waals surface area (Å²) in [5.41, 5.74) is 2.72. The molecule has 0 atom stereocenters. The Balaban J connectivity index is 1.97. The molecular weight excluding hydrogens is 265 g/mol. The van der Waals surface area contributed by atoms with Gasteiger partial charge in [-0.05, 0) is 42.8 Å². The van der Waals surface area contributed by atoms with Crippen molar-refractivity contribution in [1.29, 1.82) is 0 Å². The lowest BCUT2D eigenvalue weighted by atomic mass is 10.1. The quantitative estimate of drug-likeness (QED) is 0.531. The summed E-state index contributed by atoms with van der Waals surface area (Å²) in [4.78, 5) is 12.3. The number of fused-ring (bicyclic) bond motifs is 1. The third kappa shape index (κ3) is 2.68. The van der Waals surface area contributed by atoms with E-state index in [4.69, 9.17) is 0 Å². The smallest absolute Gasteiger partial charge is 0.227 e. The Morgan fingerprint density at radius 3 is 2.52 bits per heavy atom. The van der Waals surface area contributed by atoms with Gasteiger partial charge < -0.3 is 0 Å². The second-order valence-electron chi connectivity index (χ2n) is 5.07.